The van der Waals surface area contributed by atoms with E-state index in [1.165, 1.54) is 17.5 Å². The molecule has 6 heteroatoms. The number of sulfonamides is 1. The van der Waals surface area contributed by atoms with E-state index in [1.807, 2.05) is 0 Å². The number of hydrogen-bond acceptors (Lipinski definition) is 3. The van der Waals surface area contributed by atoms with Crippen molar-refractivity contribution in [2.24, 2.45) is 5.92 Å². The molecule has 1 N–H and O–H groups in total. The molecule has 3 unspecified atom stereocenters. The number of rotatable bonds is 3. The summed E-state index contributed by atoms with van der Waals surface area (Å²) in [5.74, 6) is 0.665. The maximum absolute atomic E-state index is 12.7. The molecule has 2 aliphatic carbocycles. The summed E-state index contributed by atoms with van der Waals surface area (Å²) >= 11 is 7.01. The quantitative estimate of drug-likeness (QED) is 0.884. The Morgan fingerprint density at radius 1 is 1.13 bits per heavy atom. The van der Waals surface area contributed by atoms with E-state index in [9.17, 15) is 8.42 Å². The summed E-state index contributed by atoms with van der Waals surface area (Å²) in [6.45, 7) is 0. The van der Waals surface area contributed by atoms with Crippen molar-refractivity contribution in [1.82, 2.24) is 4.72 Å². The van der Waals surface area contributed by atoms with Crippen LogP contribution >= 0.6 is 22.9 Å². The Balaban J connectivity index is 1.67. The molecule has 2 bridgehead atoms. The second-order valence-electron chi connectivity index (χ2n) is 6.41. The first-order valence-electron chi connectivity index (χ1n) is 7.90. The van der Waals surface area contributed by atoms with Gasteiger partial charge < -0.3 is 0 Å². The lowest BCUT2D eigenvalue weighted by Crippen LogP contribution is -2.49. The number of fused-ring (bicyclic) bond motifs is 4. The van der Waals surface area contributed by atoms with Gasteiger partial charge in [-0.2, -0.15) is 0 Å². The highest BCUT2D eigenvalue weighted by Gasteiger charge is 2.41. The van der Waals surface area contributed by atoms with E-state index in [-0.39, 0.29) is 12.0 Å². The highest BCUT2D eigenvalue weighted by molar-refractivity contribution is 7.91. The van der Waals surface area contributed by atoms with Gasteiger partial charge in [-0.3, -0.25) is 0 Å². The molecule has 122 valence electrons. The van der Waals surface area contributed by atoms with Crippen LogP contribution in [0.2, 0.25) is 4.34 Å². The number of thiophene rings is 1. The van der Waals surface area contributed by atoms with E-state index < -0.39 is 10.0 Å². The summed E-state index contributed by atoms with van der Waals surface area (Å²) in [5.41, 5.74) is 2.71. The molecule has 3 atom stereocenters. The molecule has 1 aromatic carbocycles. The van der Waals surface area contributed by atoms with Gasteiger partial charge in [-0.15, -0.1) is 11.3 Å². The average molecular weight is 368 g/mol. The molecule has 2 aromatic rings. The smallest absolute Gasteiger partial charge is 0.206 e. The van der Waals surface area contributed by atoms with Crippen LogP contribution in [-0.4, -0.2) is 14.5 Å². The third kappa shape index (κ3) is 2.84. The molecule has 3 nitrogen and oxygen atoms in total. The van der Waals surface area contributed by atoms with E-state index in [0.29, 0.717) is 14.5 Å². The Hall–Kier alpha value is -0.880. The van der Waals surface area contributed by atoms with Crippen LogP contribution < -0.4 is 4.72 Å². The van der Waals surface area contributed by atoms with Crippen LogP contribution in [0.15, 0.2) is 40.6 Å². The summed E-state index contributed by atoms with van der Waals surface area (Å²) in [5, 5.41) is 0. The Labute approximate surface area is 145 Å². The van der Waals surface area contributed by atoms with Crippen molar-refractivity contribution in [1.29, 1.82) is 0 Å². The molecular weight excluding hydrogens is 350 g/mol. The SMILES string of the molecule is O=S(=O)(NC1C2CCCC1c1ccccc1C2)c1ccc(Cl)s1. The van der Waals surface area contributed by atoms with Crippen molar-refractivity contribution in [2.45, 2.75) is 41.9 Å². The fourth-order valence-corrected chi connectivity index (χ4v) is 6.93. The maximum Gasteiger partial charge on any atom is 0.250 e. The second-order valence-corrected chi connectivity index (χ2v) is 10.1. The summed E-state index contributed by atoms with van der Waals surface area (Å²) in [6, 6.07) is 11.7. The number of halogens is 1. The van der Waals surface area contributed by atoms with Crippen LogP contribution in [0.25, 0.3) is 0 Å². The summed E-state index contributed by atoms with van der Waals surface area (Å²) < 4.78 is 29.2. The van der Waals surface area contributed by atoms with E-state index >= 15 is 0 Å². The van der Waals surface area contributed by atoms with Gasteiger partial charge in [0, 0.05) is 12.0 Å². The maximum atomic E-state index is 12.7. The molecule has 0 radical (unpaired) electrons. The molecular formula is C17H18ClNO2S2. The fourth-order valence-electron chi connectivity index (χ4n) is 4.09. The zero-order valence-corrected chi connectivity index (χ0v) is 14.9. The Morgan fingerprint density at radius 2 is 1.96 bits per heavy atom. The topological polar surface area (TPSA) is 46.2 Å². The summed E-state index contributed by atoms with van der Waals surface area (Å²) in [4.78, 5) is 0. The van der Waals surface area contributed by atoms with Gasteiger partial charge in [0.25, 0.3) is 0 Å². The first-order valence-corrected chi connectivity index (χ1v) is 10.6. The third-order valence-electron chi connectivity index (χ3n) is 5.07. The second kappa shape index (κ2) is 5.88. The van der Waals surface area contributed by atoms with Crippen LogP contribution in [-0.2, 0) is 16.4 Å². The van der Waals surface area contributed by atoms with Crippen molar-refractivity contribution < 1.29 is 8.42 Å². The van der Waals surface area contributed by atoms with Crippen LogP contribution in [0.4, 0.5) is 0 Å². The molecule has 1 aromatic heterocycles. The highest BCUT2D eigenvalue weighted by Crippen LogP contribution is 2.44. The van der Waals surface area contributed by atoms with Crippen molar-refractivity contribution in [3.05, 3.63) is 51.9 Å². The normalized spacial score (nSPS) is 26.7. The summed E-state index contributed by atoms with van der Waals surface area (Å²) in [7, 11) is -3.50. The molecule has 0 spiro atoms. The minimum atomic E-state index is -3.50. The van der Waals surface area contributed by atoms with Crippen LogP contribution in [0.5, 0.6) is 0 Å². The van der Waals surface area contributed by atoms with Crippen molar-refractivity contribution in [3.63, 3.8) is 0 Å². The lowest BCUT2D eigenvalue weighted by atomic mass is 9.66. The number of hydrogen-bond donors (Lipinski definition) is 1. The van der Waals surface area contributed by atoms with Crippen molar-refractivity contribution in [2.75, 3.05) is 0 Å². The van der Waals surface area contributed by atoms with Crippen molar-refractivity contribution >= 4 is 33.0 Å². The van der Waals surface area contributed by atoms with Gasteiger partial charge in [0.15, 0.2) is 0 Å². The van der Waals surface area contributed by atoms with E-state index in [0.717, 1.165) is 30.6 Å². The Kier molecular flexibility index (Phi) is 4.00. The van der Waals surface area contributed by atoms with Gasteiger partial charge in [0.1, 0.15) is 4.21 Å². The minimum Gasteiger partial charge on any atom is -0.206 e. The molecule has 0 saturated heterocycles. The standard InChI is InChI=1S/C17H18ClNO2S2/c18-15-8-9-16(22-15)23(20,21)19-17-12-5-3-7-14(17)13-6-2-1-4-11(13)10-12/h1-2,4,6,8-9,12,14,17,19H,3,5,7,10H2. The van der Waals surface area contributed by atoms with E-state index in [1.54, 1.807) is 12.1 Å². The van der Waals surface area contributed by atoms with E-state index in [4.69, 9.17) is 11.6 Å². The fraction of sp³-hybridized carbons (Fsp3) is 0.412. The molecule has 2 aliphatic rings. The monoisotopic (exact) mass is 367 g/mol. The summed E-state index contributed by atoms with van der Waals surface area (Å²) in [6.07, 6.45) is 4.27. The molecule has 1 saturated carbocycles. The largest absolute Gasteiger partial charge is 0.250 e. The van der Waals surface area contributed by atoms with Crippen LogP contribution in [0, 0.1) is 5.92 Å². The molecule has 0 aliphatic heterocycles. The van der Waals surface area contributed by atoms with Crippen LogP contribution in [0.3, 0.4) is 0 Å². The van der Waals surface area contributed by atoms with Gasteiger partial charge in [0.05, 0.1) is 4.34 Å². The van der Waals surface area contributed by atoms with Gasteiger partial charge >= 0.3 is 0 Å². The van der Waals surface area contributed by atoms with Crippen molar-refractivity contribution in [3.8, 4) is 0 Å². The van der Waals surface area contributed by atoms with Gasteiger partial charge in [0.2, 0.25) is 10.0 Å². The average Bonchev–Trinajstić information content (AvgIpc) is 2.95. The highest BCUT2D eigenvalue weighted by atomic mass is 35.5. The van der Waals surface area contributed by atoms with Gasteiger partial charge in [-0.25, -0.2) is 13.1 Å². The lowest BCUT2D eigenvalue weighted by Gasteiger charge is -2.43. The molecule has 1 fully saturated rings. The molecule has 0 amide bonds. The predicted octanol–water partition coefficient (Wildman–Crippen LogP) is 4.19. The zero-order chi connectivity index (χ0) is 16.0. The molecule has 4 rings (SSSR count). The minimum absolute atomic E-state index is 0.00970. The predicted molar refractivity (Wildman–Crippen MR) is 93.7 cm³/mol. The zero-order valence-electron chi connectivity index (χ0n) is 12.5. The van der Waals surface area contributed by atoms with E-state index in [2.05, 4.69) is 29.0 Å². The van der Waals surface area contributed by atoms with Crippen LogP contribution in [0.1, 0.15) is 36.3 Å². The Bertz CT molecular complexity index is 831. The molecule has 23 heavy (non-hydrogen) atoms. The number of nitrogens with one attached hydrogen (secondary N) is 1. The Morgan fingerprint density at radius 3 is 2.74 bits per heavy atom. The van der Waals surface area contributed by atoms with Gasteiger partial charge in [-0.05, 0) is 48.4 Å². The third-order valence-corrected chi connectivity index (χ3v) is 8.26. The first kappa shape index (κ1) is 15.6. The number of benzene rings is 1. The lowest BCUT2D eigenvalue weighted by molar-refractivity contribution is 0.235. The van der Waals surface area contributed by atoms with Gasteiger partial charge in [-0.1, -0.05) is 42.3 Å². The molecule has 1 heterocycles. The first-order chi connectivity index (χ1) is 11.0.